The van der Waals surface area contributed by atoms with Crippen molar-refractivity contribution in [3.05, 3.63) is 17.2 Å². The molecule has 2 heterocycles. The number of hydrogen-bond acceptors (Lipinski definition) is 7. The minimum Gasteiger partial charge on any atom is -0.360 e. The number of rotatable bonds is 7. The van der Waals surface area contributed by atoms with Crippen LogP contribution in [0.2, 0.25) is 0 Å². The Labute approximate surface area is 120 Å². The lowest BCUT2D eigenvalue weighted by molar-refractivity contribution is 0.0953. The fourth-order valence-electron chi connectivity index (χ4n) is 1.52. The summed E-state index contributed by atoms with van der Waals surface area (Å²) >= 11 is 1.25. The molecule has 0 aromatic carbocycles. The SMILES string of the molecule is CCCNc1nnc(C(=O)NCCc2nncn2C)s1. The standard InChI is InChI=1S/C11H17N7OS/c1-3-5-13-11-17-16-10(20-11)9(19)12-6-4-8-15-14-7-18(8)2/h7H,3-6H2,1-2H3,(H,12,19)(H,13,17). The Morgan fingerprint density at radius 2 is 2.20 bits per heavy atom. The third-order valence-corrected chi connectivity index (χ3v) is 3.46. The first-order chi connectivity index (χ1) is 9.70. The van der Waals surface area contributed by atoms with Gasteiger partial charge in [0.05, 0.1) is 0 Å². The van der Waals surface area contributed by atoms with Crippen molar-refractivity contribution in [2.75, 3.05) is 18.4 Å². The Hall–Kier alpha value is -2.03. The number of amides is 1. The van der Waals surface area contributed by atoms with E-state index in [2.05, 4.69) is 38.0 Å². The number of nitrogens with zero attached hydrogens (tertiary/aromatic N) is 5. The van der Waals surface area contributed by atoms with E-state index in [0.29, 0.717) is 23.1 Å². The lowest BCUT2D eigenvalue weighted by atomic mass is 10.4. The van der Waals surface area contributed by atoms with E-state index in [1.165, 1.54) is 11.3 Å². The minimum absolute atomic E-state index is 0.214. The Morgan fingerprint density at radius 3 is 2.90 bits per heavy atom. The summed E-state index contributed by atoms with van der Waals surface area (Å²) in [5.74, 6) is 0.613. The van der Waals surface area contributed by atoms with Crippen LogP contribution in [0.3, 0.4) is 0 Å². The molecule has 0 fully saturated rings. The van der Waals surface area contributed by atoms with Crippen molar-refractivity contribution in [3.63, 3.8) is 0 Å². The molecule has 2 N–H and O–H groups in total. The van der Waals surface area contributed by atoms with E-state index in [0.717, 1.165) is 18.8 Å². The van der Waals surface area contributed by atoms with Gasteiger partial charge in [-0.25, -0.2) is 0 Å². The maximum absolute atomic E-state index is 11.9. The van der Waals surface area contributed by atoms with Gasteiger partial charge in [-0.1, -0.05) is 18.3 Å². The molecule has 1 amide bonds. The van der Waals surface area contributed by atoms with Crippen molar-refractivity contribution in [2.24, 2.45) is 7.05 Å². The van der Waals surface area contributed by atoms with E-state index < -0.39 is 0 Å². The summed E-state index contributed by atoms with van der Waals surface area (Å²) < 4.78 is 1.82. The third-order valence-electron chi connectivity index (χ3n) is 2.58. The lowest BCUT2D eigenvalue weighted by Crippen LogP contribution is -2.26. The van der Waals surface area contributed by atoms with Crippen molar-refractivity contribution >= 4 is 22.4 Å². The van der Waals surface area contributed by atoms with Gasteiger partial charge in [0, 0.05) is 26.6 Å². The fraction of sp³-hybridized carbons (Fsp3) is 0.545. The smallest absolute Gasteiger partial charge is 0.282 e. The highest BCUT2D eigenvalue weighted by atomic mass is 32.1. The molecule has 0 bridgehead atoms. The monoisotopic (exact) mass is 295 g/mol. The van der Waals surface area contributed by atoms with Gasteiger partial charge < -0.3 is 15.2 Å². The van der Waals surface area contributed by atoms with Crippen LogP contribution in [0.5, 0.6) is 0 Å². The van der Waals surface area contributed by atoms with E-state index in [4.69, 9.17) is 0 Å². The van der Waals surface area contributed by atoms with Gasteiger partial charge in [0.25, 0.3) is 5.91 Å². The van der Waals surface area contributed by atoms with Gasteiger partial charge in [0.1, 0.15) is 12.2 Å². The van der Waals surface area contributed by atoms with E-state index in [1.807, 2.05) is 11.6 Å². The zero-order valence-electron chi connectivity index (χ0n) is 11.5. The van der Waals surface area contributed by atoms with Crippen LogP contribution in [-0.2, 0) is 13.5 Å². The highest BCUT2D eigenvalue weighted by Gasteiger charge is 2.12. The highest BCUT2D eigenvalue weighted by Crippen LogP contribution is 2.14. The van der Waals surface area contributed by atoms with Crippen LogP contribution in [0.1, 0.15) is 29.0 Å². The maximum Gasteiger partial charge on any atom is 0.282 e. The molecule has 0 saturated carbocycles. The zero-order chi connectivity index (χ0) is 14.4. The summed E-state index contributed by atoms with van der Waals surface area (Å²) in [5, 5.41) is 22.4. The predicted molar refractivity (Wildman–Crippen MR) is 75.7 cm³/mol. The normalized spacial score (nSPS) is 10.5. The molecule has 2 rings (SSSR count). The molecule has 108 valence electrons. The Balaban J connectivity index is 1.79. The van der Waals surface area contributed by atoms with E-state index >= 15 is 0 Å². The van der Waals surface area contributed by atoms with Crippen LogP contribution in [0.25, 0.3) is 0 Å². The summed E-state index contributed by atoms with van der Waals surface area (Å²) in [5.41, 5.74) is 0. The number of aromatic nitrogens is 5. The molecule has 20 heavy (non-hydrogen) atoms. The fourth-order valence-corrected chi connectivity index (χ4v) is 2.20. The number of carbonyl (C=O) groups excluding carboxylic acids is 1. The van der Waals surface area contributed by atoms with Crippen molar-refractivity contribution in [1.82, 2.24) is 30.3 Å². The molecular weight excluding hydrogens is 278 g/mol. The van der Waals surface area contributed by atoms with Crippen LogP contribution >= 0.6 is 11.3 Å². The average Bonchev–Trinajstić information content (AvgIpc) is 3.06. The molecule has 0 saturated heterocycles. The van der Waals surface area contributed by atoms with Gasteiger partial charge in [-0.15, -0.1) is 20.4 Å². The number of carbonyl (C=O) groups is 1. The Bertz CT molecular complexity index is 565. The molecule has 9 heteroatoms. The summed E-state index contributed by atoms with van der Waals surface area (Å²) in [4.78, 5) is 11.9. The first-order valence-corrected chi connectivity index (χ1v) is 7.20. The van der Waals surface area contributed by atoms with Crippen LogP contribution in [0.4, 0.5) is 5.13 Å². The van der Waals surface area contributed by atoms with E-state index in [9.17, 15) is 4.79 Å². The largest absolute Gasteiger partial charge is 0.360 e. The molecule has 0 aliphatic rings. The van der Waals surface area contributed by atoms with Crippen LogP contribution < -0.4 is 10.6 Å². The average molecular weight is 295 g/mol. The molecule has 0 unspecified atom stereocenters. The molecule has 0 radical (unpaired) electrons. The molecule has 0 atom stereocenters. The topological polar surface area (TPSA) is 97.6 Å². The van der Waals surface area contributed by atoms with Crippen molar-refractivity contribution in [3.8, 4) is 0 Å². The summed E-state index contributed by atoms with van der Waals surface area (Å²) in [6, 6.07) is 0. The molecular formula is C11H17N7OS. The van der Waals surface area contributed by atoms with Gasteiger partial charge in [-0.3, -0.25) is 4.79 Å². The lowest BCUT2D eigenvalue weighted by Gasteiger charge is -2.02. The van der Waals surface area contributed by atoms with Gasteiger partial charge >= 0.3 is 0 Å². The van der Waals surface area contributed by atoms with Crippen LogP contribution in [-0.4, -0.2) is 44.0 Å². The Morgan fingerprint density at radius 1 is 1.35 bits per heavy atom. The second kappa shape index (κ2) is 6.94. The summed E-state index contributed by atoms with van der Waals surface area (Å²) in [7, 11) is 1.87. The summed E-state index contributed by atoms with van der Waals surface area (Å²) in [6.07, 6.45) is 3.26. The minimum atomic E-state index is -0.214. The zero-order valence-corrected chi connectivity index (χ0v) is 12.3. The number of hydrogen-bond donors (Lipinski definition) is 2. The van der Waals surface area contributed by atoms with E-state index in [1.54, 1.807) is 6.33 Å². The highest BCUT2D eigenvalue weighted by molar-refractivity contribution is 7.17. The van der Waals surface area contributed by atoms with Gasteiger partial charge in [-0.2, -0.15) is 0 Å². The first kappa shape index (κ1) is 14.4. The van der Waals surface area contributed by atoms with Gasteiger partial charge in [0.15, 0.2) is 0 Å². The van der Waals surface area contributed by atoms with Crippen molar-refractivity contribution in [2.45, 2.75) is 19.8 Å². The molecule has 8 nitrogen and oxygen atoms in total. The van der Waals surface area contributed by atoms with Crippen molar-refractivity contribution < 1.29 is 4.79 Å². The third kappa shape index (κ3) is 3.73. The molecule has 0 aliphatic heterocycles. The van der Waals surface area contributed by atoms with Gasteiger partial charge in [0.2, 0.25) is 10.1 Å². The van der Waals surface area contributed by atoms with Crippen molar-refractivity contribution in [1.29, 1.82) is 0 Å². The predicted octanol–water partition coefficient (Wildman–Crippen LogP) is 0.461. The number of aryl methyl sites for hydroxylation is 1. The molecule has 0 aliphatic carbocycles. The second-order valence-corrected chi connectivity index (χ2v) is 5.18. The molecule has 0 spiro atoms. The molecule has 2 aromatic heterocycles. The molecule has 2 aromatic rings. The number of anilines is 1. The number of nitrogens with one attached hydrogen (secondary N) is 2. The maximum atomic E-state index is 11.9. The van der Waals surface area contributed by atoms with Crippen LogP contribution in [0.15, 0.2) is 6.33 Å². The second-order valence-electron chi connectivity index (χ2n) is 4.20. The quantitative estimate of drug-likeness (QED) is 0.770. The first-order valence-electron chi connectivity index (χ1n) is 6.39. The van der Waals surface area contributed by atoms with Gasteiger partial charge in [-0.05, 0) is 6.42 Å². The summed E-state index contributed by atoms with van der Waals surface area (Å²) in [6.45, 7) is 3.37. The van der Waals surface area contributed by atoms with Crippen LogP contribution in [0, 0.1) is 0 Å². The Kier molecular flexibility index (Phi) is 4.99. The van der Waals surface area contributed by atoms with E-state index in [-0.39, 0.29) is 5.91 Å².